The van der Waals surface area contributed by atoms with Crippen LogP contribution < -0.4 is 11.1 Å². The summed E-state index contributed by atoms with van der Waals surface area (Å²) in [7, 11) is 0. The molecule has 0 spiro atoms. The molecule has 0 radical (unpaired) electrons. The van der Waals surface area contributed by atoms with E-state index in [-0.39, 0.29) is 12.5 Å². The lowest BCUT2D eigenvalue weighted by atomic mass is 10.2. The first kappa shape index (κ1) is 10.6. The highest BCUT2D eigenvalue weighted by molar-refractivity contribution is 5.81. The highest BCUT2D eigenvalue weighted by Gasteiger charge is 2.11. The first-order valence-corrected chi connectivity index (χ1v) is 4.46. The van der Waals surface area contributed by atoms with Crippen LogP contribution in [0.4, 0.5) is 0 Å². The Morgan fingerprint density at radius 1 is 1.71 bits per heavy atom. The van der Waals surface area contributed by atoms with Gasteiger partial charge in [0.05, 0.1) is 12.6 Å². The molecule has 0 fully saturated rings. The summed E-state index contributed by atoms with van der Waals surface area (Å²) in [5, 5.41) is 6.25. The van der Waals surface area contributed by atoms with Gasteiger partial charge in [-0.05, 0) is 6.42 Å². The van der Waals surface area contributed by atoms with Crippen molar-refractivity contribution in [1.82, 2.24) is 15.5 Å². The molecule has 1 atom stereocenters. The van der Waals surface area contributed by atoms with Gasteiger partial charge in [-0.15, -0.1) is 0 Å². The van der Waals surface area contributed by atoms with E-state index in [1.165, 1.54) is 0 Å². The number of nitrogens with one attached hydrogen (secondary N) is 1. The minimum absolute atomic E-state index is 0.199. The number of nitrogens with zero attached hydrogens (tertiary/aromatic N) is 2. The number of hydrogen-bond acceptors (Lipinski definition) is 5. The van der Waals surface area contributed by atoms with E-state index < -0.39 is 6.04 Å². The van der Waals surface area contributed by atoms with E-state index in [2.05, 4.69) is 15.5 Å². The Kier molecular flexibility index (Phi) is 3.58. The van der Waals surface area contributed by atoms with Gasteiger partial charge in [-0.25, -0.2) is 0 Å². The van der Waals surface area contributed by atoms with Crippen LogP contribution in [0.3, 0.4) is 0 Å². The van der Waals surface area contributed by atoms with E-state index in [0.29, 0.717) is 18.1 Å². The van der Waals surface area contributed by atoms with Gasteiger partial charge >= 0.3 is 0 Å². The molecular weight excluding hydrogens is 184 g/mol. The van der Waals surface area contributed by atoms with Gasteiger partial charge in [0.2, 0.25) is 11.8 Å². The normalized spacial score (nSPS) is 12.5. The molecule has 1 unspecified atom stereocenters. The summed E-state index contributed by atoms with van der Waals surface area (Å²) < 4.78 is 4.74. The van der Waals surface area contributed by atoms with Gasteiger partial charge in [0.1, 0.15) is 0 Å². The average Bonchev–Trinajstić information content (AvgIpc) is 2.59. The number of aromatic nitrogens is 2. The molecule has 0 saturated carbocycles. The molecule has 6 nitrogen and oxygen atoms in total. The monoisotopic (exact) mass is 198 g/mol. The second-order valence-electron chi connectivity index (χ2n) is 2.96. The van der Waals surface area contributed by atoms with Gasteiger partial charge in [-0.1, -0.05) is 12.1 Å². The second kappa shape index (κ2) is 4.71. The van der Waals surface area contributed by atoms with Crippen molar-refractivity contribution in [2.75, 3.05) is 0 Å². The summed E-state index contributed by atoms with van der Waals surface area (Å²) in [6.07, 6.45) is 0.608. The van der Waals surface area contributed by atoms with Crippen LogP contribution in [-0.2, 0) is 11.3 Å². The largest absolute Gasteiger partial charge is 0.347 e. The van der Waals surface area contributed by atoms with E-state index >= 15 is 0 Å². The number of hydrogen-bond donors (Lipinski definition) is 2. The number of rotatable bonds is 4. The number of amides is 1. The van der Waals surface area contributed by atoms with Crippen LogP contribution in [0.15, 0.2) is 4.52 Å². The van der Waals surface area contributed by atoms with Crippen molar-refractivity contribution >= 4 is 5.91 Å². The fourth-order valence-corrected chi connectivity index (χ4v) is 0.896. The second-order valence-corrected chi connectivity index (χ2v) is 2.96. The lowest BCUT2D eigenvalue weighted by Crippen LogP contribution is -2.39. The Hall–Kier alpha value is -1.43. The lowest BCUT2D eigenvalue weighted by Gasteiger charge is -2.07. The van der Waals surface area contributed by atoms with Crippen molar-refractivity contribution in [2.24, 2.45) is 5.73 Å². The van der Waals surface area contributed by atoms with Gasteiger partial charge in [0.15, 0.2) is 5.82 Å². The van der Waals surface area contributed by atoms with Crippen molar-refractivity contribution in [3.05, 3.63) is 11.7 Å². The fraction of sp³-hybridized carbons (Fsp3) is 0.625. The topological polar surface area (TPSA) is 94.0 Å². The molecule has 0 bridgehead atoms. The molecule has 0 aliphatic heterocycles. The summed E-state index contributed by atoms with van der Waals surface area (Å²) in [5.41, 5.74) is 5.51. The Morgan fingerprint density at radius 2 is 2.43 bits per heavy atom. The average molecular weight is 198 g/mol. The third-order valence-corrected chi connectivity index (χ3v) is 1.77. The zero-order valence-electron chi connectivity index (χ0n) is 8.28. The number of carbonyl (C=O) groups is 1. The van der Waals surface area contributed by atoms with Crippen molar-refractivity contribution in [3.8, 4) is 0 Å². The molecule has 3 N–H and O–H groups in total. The lowest BCUT2D eigenvalue weighted by molar-refractivity contribution is -0.122. The summed E-state index contributed by atoms with van der Waals surface area (Å²) in [5.74, 6) is 0.739. The Balaban J connectivity index is 2.37. The highest BCUT2D eigenvalue weighted by atomic mass is 16.5. The zero-order valence-corrected chi connectivity index (χ0v) is 8.28. The third-order valence-electron chi connectivity index (χ3n) is 1.77. The van der Waals surface area contributed by atoms with Crippen LogP contribution in [0.25, 0.3) is 0 Å². The SMILES string of the molecule is CCC(N)C(=O)NCc1noc(C)n1. The molecule has 0 saturated heterocycles. The highest BCUT2D eigenvalue weighted by Crippen LogP contribution is 1.94. The minimum atomic E-state index is -0.469. The summed E-state index contributed by atoms with van der Waals surface area (Å²) in [4.78, 5) is 15.2. The van der Waals surface area contributed by atoms with E-state index in [4.69, 9.17) is 10.3 Å². The molecule has 14 heavy (non-hydrogen) atoms. The van der Waals surface area contributed by atoms with Crippen LogP contribution in [0.1, 0.15) is 25.1 Å². The third kappa shape index (κ3) is 2.81. The molecular formula is C8H14N4O2. The van der Waals surface area contributed by atoms with Gasteiger partial charge in [-0.3, -0.25) is 4.79 Å². The first-order valence-electron chi connectivity index (χ1n) is 4.46. The zero-order chi connectivity index (χ0) is 10.6. The quantitative estimate of drug-likeness (QED) is 0.694. The van der Waals surface area contributed by atoms with E-state index in [1.54, 1.807) is 6.92 Å². The Labute approximate surface area is 81.9 Å². The maximum Gasteiger partial charge on any atom is 0.237 e. The van der Waals surface area contributed by atoms with Gasteiger partial charge in [-0.2, -0.15) is 4.98 Å². The van der Waals surface area contributed by atoms with E-state index in [9.17, 15) is 4.79 Å². The van der Waals surface area contributed by atoms with Crippen LogP contribution in [0, 0.1) is 6.92 Å². The molecule has 1 rings (SSSR count). The smallest absolute Gasteiger partial charge is 0.237 e. The predicted octanol–water partition coefficient (Wildman–Crippen LogP) is -0.268. The minimum Gasteiger partial charge on any atom is -0.347 e. The molecule has 6 heteroatoms. The van der Waals surface area contributed by atoms with E-state index in [1.807, 2.05) is 6.92 Å². The van der Waals surface area contributed by atoms with Crippen LogP contribution in [0.5, 0.6) is 0 Å². The molecule has 1 aromatic heterocycles. The molecule has 1 amide bonds. The van der Waals surface area contributed by atoms with Crippen molar-refractivity contribution in [1.29, 1.82) is 0 Å². The van der Waals surface area contributed by atoms with Crippen LogP contribution >= 0.6 is 0 Å². The standard InChI is InChI=1S/C8H14N4O2/c1-3-6(9)8(13)10-4-7-11-5(2)14-12-7/h6H,3-4,9H2,1-2H3,(H,10,13). The van der Waals surface area contributed by atoms with Crippen LogP contribution in [-0.4, -0.2) is 22.1 Å². The molecule has 1 heterocycles. The molecule has 1 aromatic rings. The Bertz CT molecular complexity index is 310. The van der Waals surface area contributed by atoms with E-state index in [0.717, 1.165) is 0 Å². The summed E-state index contributed by atoms with van der Waals surface area (Å²) >= 11 is 0. The fourth-order valence-electron chi connectivity index (χ4n) is 0.896. The first-order chi connectivity index (χ1) is 6.63. The summed E-state index contributed by atoms with van der Waals surface area (Å²) in [6.45, 7) is 3.79. The number of carbonyl (C=O) groups excluding carboxylic acids is 1. The maximum atomic E-state index is 11.2. The van der Waals surface area contributed by atoms with Crippen molar-refractivity contribution < 1.29 is 9.32 Å². The van der Waals surface area contributed by atoms with Gasteiger partial charge in [0, 0.05) is 6.92 Å². The number of nitrogens with two attached hydrogens (primary N) is 1. The molecule has 0 aliphatic carbocycles. The number of aryl methyl sites for hydroxylation is 1. The molecule has 0 aliphatic rings. The van der Waals surface area contributed by atoms with Crippen molar-refractivity contribution in [3.63, 3.8) is 0 Å². The van der Waals surface area contributed by atoms with Gasteiger partial charge in [0.25, 0.3) is 0 Å². The maximum absolute atomic E-state index is 11.2. The molecule has 0 aromatic carbocycles. The van der Waals surface area contributed by atoms with Crippen molar-refractivity contribution in [2.45, 2.75) is 32.9 Å². The predicted molar refractivity (Wildman–Crippen MR) is 49.1 cm³/mol. The van der Waals surface area contributed by atoms with Gasteiger partial charge < -0.3 is 15.6 Å². The van der Waals surface area contributed by atoms with Crippen LogP contribution in [0.2, 0.25) is 0 Å². The molecule has 78 valence electrons. The Morgan fingerprint density at radius 3 is 2.93 bits per heavy atom. The summed E-state index contributed by atoms with van der Waals surface area (Å²) in [6, 6.07) is -0.469.